The van der Waals surface area contributed by atoms with Gasteiger partial charge in [-0.25, -0.2) is 0 Å². The molecule has 2 aliphatic rings. The van der Waals surface area contributed by atoms with Gasteiger partial charge < -0.3 is 20.1 Å². The van der Waals surface area contributed by atoms with Crippen molar-refractivity contribution in [3.05, 3.63) is 40.6 Å². The summed E-state index contributed by atoms with van der Waals surface area (Å²) in [7, 11) is 0. The van der Waals surface area contributed by atoms with Crippen molar-refractivity contribution in [1.29, 1.82) is 0 Å². The van der Waals surface area contributed by atoms with Gasteiger partial charge in [-0.15, -0.1) is 11.3 Å². The normalized spacial score (nSPS) is 20.5. The van der Waals surface area contributed by atoms with Crippen LogP contribution in [0.15, 0.2) is 35.7 Å². The van der Waals surface area contributed by atoms with Gasteiger partial charge in [0.05, 0.1) is 24.2 Å². The number of carbonyl (C=O) groups is 1. The van der Waals surface area contributed by atoms with Crippen LogP contribution in [0.4, 0.5) is 5.69 Å². The van der Waals surface area contributed by atoms with Crippen LogP contribution < -0.4 is 10.2 Å². The molecule has 2 aliphatic heterocycles. The highest BCUT2D eigenvalue weighted by atomic mass is 32.1. The van der Waals surface area contributed by atoms with Crippen LogP contribution in [0.5, 0.6) is 0 Å². The molecule has 1 amide bonds. The third-order valence-electron chi connectivity index (χ3n) is 5.37. The summed E-state index contributed by atoms with van der Waals surface area (Å²) >= 11 is 1.48. The minimum atomic E-state index is -0.221. The molecule has 0 bridgehead atoms. The van der Waals surface area contributed by atoms with E-state index in [-0.39, 0.29) is 12.0 Å². The Bertz CT molecular complexity index is 786. The molecule has 28 heavy (non-hydrogen) atoms. The molecule has 2 fully saturated rings. The number of nitrogens with zero attached hydrogens (tertiary/aromatic N) is 2. The minimum Gasteiger partial charge on any atom is -0.391 e. The lowest BCUT2D eigenvalue weighted by Gasteiger charge is -2.26. The summed E-state index contributed by atoms with van der Waals surface area (Å²) in [6.07, 6.45) is 0.608. The fourth-order valence-corrected chi connectivity index (χ4v) is 4.52. The van der Waals surface area contributed by atoms with E-state index in [0.29, 0.717) is 13.1 Å². The molecule has 1 aromatic carbocycles. The molecule has 6 nitrogen and oxygen atoms in total. The molecule has 7 heteroatoms. The summed E-state index contributed by atoms with van der Waals surface area (Å²) in [5.74, 6) is -0.00724. The van der Waals surface area contributed by atoms with Gasteiger partial charge in [-0.1, -0.05) is 12.1 Å². The highest BCUT2D eigenvalue weighted by Crippen LogP contribution is 2.28. The van der Waals surface area contributed by atoms with Gasteiger partial charge in [0, 0.05) is 45.0 Å². The van der Waals surface area contributed by atoms with Crippen LogP contribution in [0.3, 0.4) is 0 Å². The van der Waals surface area contributed by atoms with Crippen molar-refractivity contribution in [2.75, 3.05) is 57.4 Å². The molecule has 4 rings (SSSR count). The van der Waals surface area contributed by atoms with E-state index in [4.69, 9.17) is 4.74 Å². The number of hydrogen-bond acceptors (Lipinski definition) is 6. The van der Waals surface area contributed by atoms with E-state index in [0.717, 1.165) is 67.5 Å². The van der Waals surface area contributed by atoms with Gasteiger partial charge in [0.15, 0.2) is 0 Å². The molecule has 2 saturated heterocycles. The molecular weight excluding hydrogens is 374 g/mol. The summed E-state index contributed by atoms with van der Waals surface area (Å²) in [4.78, 5) is 17.7. The second-order valence-electron chi connectivity index (χ2n) is 7.34. The van der Waals surface area contributed by atoms with E-state index in [1.165, 1.54) is 11.3 Å². The van der Waals surface area contributed by atoms with E-state index >= 15 is 0 Å². The molecule has 0 aliphatic carbocycles. The number of nitrogens with one attached hydrogen (secondary N) is 1. The first-order chi connectivity index (χ1) is 13.7. The molecule has 1 aromatic heterocycles. The quantitative estimate of drug-likeness (QED) is 0.776. The van der Waals surface area contributed by atoms with Gasteiger partial charge >= 0.3 is 0 Å². The predicted molar refractivity (Wildman–Crippen MR) is 112 cm³/mol. The molecule has 2 N–H and O–H groups in total. The van der Waals surface area contributed by atoms with E-state index in [2.05, 4.69) is 39.4 Å². The van der Waals surface area contributed by atoms with E-state index in [1.807, 2.05) is 11.4 Å². The fraction of sp³-hybridized carbons (Fsp3) is 0.476. The Balaban J connectivity index is 1.31. The van der Waals surface area contributed by atoms with Gasteiger partial charge in [-0.3, -0.25) is 9.69 Å². The number of ether oxygens (including phenoxy) is 1. The van der Waals surface area contributed by atoms with Gasteiger partial charge in [-0.2, -0.15) is 0 Å². The van der Waals surface area contributed by atoms with Crippen LogP contribution in [-0.4, -0.2) is 74.5 Å². The number of anilines is 1. The number of morpholine rings is 1. The Morgan fingerprint density at radius 1 is 1.18 bits per heavy atom. The van der Waals surface area contributed by atoms with Crippen LogP contribution in [0.1, 0.15) is 16.1 Å². The van der Waals surface area contributed by atoms with Gasteiger partial charge in [0.2, 0.25) is 0 Å². The zero-order valence-electron chi connectivity index (χ0n) is 16.0. The number of aliphatic hydroxyl groups is 1. The van der Waals surface area contributed by atoms with E-state index in [9.17, 15) is 9.90 Å². The van der Waals surface area contributed by atoms with Crippen molar-refractivity contribution in [2.24, 2.45) is 0 Å². The second kappa shape index (κ2) is 9.05. The maximum absolute atomic E-state index is 12.4. The first-order valence-corrected chi connectivity index (χ1v) is 10.8. The Morgan fingerprint density at radius 3 is 2.68 bits per heavy atom. The molecule has 0 spiro atoms. The topological polar surface area (TPSA) is 65.0 Å². The highest BCUT2D eigenvalue weighted by Gasteiger charge is 2.20. The maximum Gasteiger partial charge on any atom is 0.261 e. The monoisotopic (exact) mass is 401 g/mol. The van der Waals surface area contributed by atoms with Gasteiger partial charge in [0.25, 0.3) is 5.91 Å². The highest BCUT2D eigenvalue weighted by molar-refractivity contribution is 7.12. The summed E-state index contributed by atoms with van der Waals surface area (Å²) in [6.45, 7) is 6.54. The van der Waals surface area contributed by atoms with Gasteiger partial charge in [-0.05, 0) is 41.1 Å². The molecule has 1 unspecified atom stereocenters. The van der Waals surface area contributed by atoms with Crippen molar-refractivity contribution in [1.82, 2.24) is 10.2 Å². The number of thiophene rings is 1. The molecule has 150 valence electrons. The molecular formula is C21H27N3O3S. The standard InChI is InChI=1S/C21H27N3O3S/c25-19-5-7-24(14-19)18-3-1-16(2-4-18)17-13-20(28-15-17)21(26)22-6-8-23-9-11-27-12-10-23/h1-4,13,15,19,25H,5-12,14H2,(H,22,26). The average molecular weight is 402 g/mol. The molecule has 2 aromatic rings. The zero-order chi connectivity index (χ0) is 19.3. The van der Waals surface area contributed by atoms with Crippen molar-refractivity contribution >= 4 is 22.9 Å². The molecule has 0 saturated carbocycles. The van der Waals surface area contributed by atoms with E-state index < -0.39 is 0 Å². The first-order valence-electron chi connectivity index (χ1n) is 9.89. The van der Waals surface area contributed by atoms with Gasteiger partial charge in [0.1, 0.15) is 0 Å². The lowest BCUT2D eigenvalue weighted by atomic mass is 10.1. The first kappa shape index (κ1) is 19.4. The molecule has 3 heterocycles. The average Bonchev–Trinajstić information content (AvgIpc) is 3.38. The molecule has 0 radical (unpaired) electrons. The van der Waals surface area contributed by atoms with Crippen molar-refractivity contribution < 1.29 is 14.6 Å². The number of benzene rings is 1. The lowest BCUT2D eigenvalue weighted by Crippen LogP contribution is -2.41. The number of rotatable bonds is 6. The SMILES string of the molecule is O=C(NCCN1CCOCC1)c1cc(-c2ccc(N3CCC(O)C3)cc2)cs1. The molecule has 1 atom stereocenters. The number of amides is 1. The summed E-state index contributed by atoms with van der Waals surface area (Å²) in [5.41, 5.74) is 3.31. The summed E-state index contributed by atoms with van der Waals surface area (Å²) in [5, 5.41) is 14.8. The van der Waals surface area contributed by atoms with Crippen molar-refractivity contribution in [3.63, 3.8) is 0 Å². The Kier molecular flexibility index (Phi) is 6.26. The van der Waals surface area contributed by atoms with Crippen molar-refractivity contribution in [3.8, 4) is 11.1 Å². The third kappa shape index (κ3) is 4.72. The second-order valence-corrected chi connectivity index (χ2v) is 8.26. The van der Waals surface area contributed by atoms with E-state index in [1.54, 1.807) is 0 Å². The van der Waals surface area contributed by atoms with Crippen LogP contribution in [0.2, 0.25) is 0 Å². The van der Waals surface area contributed by atoms with Crippen LogP contribution in [0, 0.1) is 0 Å². The third-order valence-corrected chi connectivity index (χ3v) is 6.30. The Hall–Kier alpha value is -1.93. The number of carbonyl (C=O) groups excluding carboxylic acids is 1. The summed E-state index contributed by atoms with van der Waals surface area (Å²) < 4.78 is 5.34. The van der Waals surface area contributed by atoms with Crippen molar-refractivity contribution in [2.45, 2.75) is 12.5 Å². The zero-order valence-corrected chi connectivity index (χ0v) is 16.8. The fourth-order valence-electron chi connectivity index (χ4n) is 3.69. The minimum absolute atomic E-state index is 0.00724. The largest absolute Gasteiger partial charge is 0.391 e. The Morgan fingerprint density at radius 2 is 1.96 bits per heavy atom. The number of β-amino-alcohol motifs (C(OH)–C–C–N with tert-alkyl or cyclic N) is 1. The van der Waals surface area contributed by atoms with Crippen LogP contribution >= 0.6 is 11.3 Å². The number of hydrogen-bond donors (Lipinski definition) is 2. The van der Waals surface area contributed by atoms with Crippen LogP contribution in [0.25, 0.3) is 11.1 Å². The number of aliphatic hydroxyl groups excluding tert-OH is 1. The Labute approximate surface area is 169 Å². The van der Waals surface area contributed by atoms with Crippen LogP contribution in [-0.2, 0) is 4.74 Å². The maximum atomic E-state index is 12.4. The predicted octanol–water partition coefficient (Wildman–Crippen LogP) is 2.05. The smallest absolute Gasteiger partial charge is 0.261 e. The summed E-state index contributed by atoms with van der Waals surface area (Å²) in [6, 6.07) is 10.3. The lowest BCUT2D eigenvalue weighted by molar-refractivity contribution is 0.0383.